The van der Waals surface area contributed by atoms with Crippen LogP contribution in [0.5, 0.6) is 0 Å². The first kappa shape index (κ1) is 19.0. The minimum atomic E-state index is -0.571. The lowest BCUT2D eigenvalue weighted by Crippen LogP contribution is -2.40. The van der Waals surface area contributed by atoms with Gasteiger partial charge in [0.25, 0.3) is 5.91 Å². The van der Waals surface area contributed by atoms with Crippen LogP contribution in [0.15, 0.2) is 5.51 Å². The van der Waals surface area contributed by atoms with E-state index in [9.17, 15) is 4.79 Å². The van der Waals surface area contributed by atoms with E-state index in [1.54, 1.807) is 5.51 Å². The van der Waals surface area contributed by atoms with Gasteiger partial charge in [-0.15, -0.1) is 36.2 Å². The Morgan fingerprint density at radius 3 is 2.71 bits per heavy atom. The Morgan fingerprint density at radius 1 is 1.65 bits per heavy atom. The molecule has 0 fully saturated rings. The molecule has 100 valence electrons. The van der Waals surface area contributed by atoms with Gasteiger partial charge in [-0.2, -0.15) is 0 Å². The van der Waals surface area contributed by atoms with Crippen molar-refractivity contribution in [1.82, 2.24) is 10.3 Å². The number of aromatic nitrogens is 1. The third-order valence-electron chi connectivity index (χ3n) is 2.06. The quantitative estimate of drug-likeness (QED) is 0.846. The van der Waals surface area contributed by atoms with Gasteiger partial charge in [0.15, 0.2) is 0 Å². The van der Waals surface area contributed by atoms with Gasteiger partial charge in [0.1, 0.15) is 6.10 Å². The second-order valence-corrected chi connectivity index (χ2v) is 3.98. The number of rotatable bonds is 5. The zero-order chi connectivity index (χ0) is 11.3. The number of ether oxygens (including phenoxy) is 1. The fourth-order valence-electron chi connectivity index (χ4n) is 1.09. The van der Waals surface area contributed by atoms with Crippen LogP contribution in [0.3, 0.4) is 0 Å². The molecule has 1 aromatic rings. The number of nitrogens with one attached hydrogen (secondary N) is 1. The Kier molecular flexibility index (Phi) is 10.7. The van der Waals surface area contributed by atoms with Crippen molar-refractivity contribution in [1.29, 1.82) is 0 Å². The first-order chi connectivity index (χ1) is 7.19. The van der Waals surface area contributed by atoms with E-state index < -0.39 is 6.10 Å². The molecule has 1 heterocycles. The van der Waals surface area contributed by atoms with Crippen molar-refractivity contribution in [2.24, 2.45) is 5.73 Å². The molecular formula is C9H17Cl2N3O2S. The predicted octanol–water partition coefficient (Wildman–Crippen LogP) is 0.885. The van der Waals surface area contributed by atoms with E-state index in [1.165, 1.54) is 18.4 Å². The van der Waals surface area contributed by atoms with Gasteiger partial charge in [-0.1, -0.05) is 0 Å². The molecule has 0 bridgehead atoms. The molecule has 1 aromatic heterocycles. The highest BCUT2D eigenvalue weighted by atomic mass is 35.5. The standard InChI is InChI=1S/C9H15N3O2S.2ClH/c1-6-8(15-5-12-6)4-11-9(13)7(3-10)14-2;;/h5,7H,3-4,10H2,1-2H3,(H,11,13);2*1H. The summed E-state index contributed by atoms with van der Waals surface area (Å²) < 4.78 is 4.91. The molecule has 1 amide bonds. The third-order valence-corrected chi connectivity index (χ3v) is 2.99. The van der Waals surface area contributed by atoms with Gasteiger partial charge < -0.3 is 15.8 Å². The normalized spacial score (nSPS) is 11.0. The number of thiazole rings is 1. The summed E-state index contributed by atoms with van der Waals surface area (Å²) in [5.41, 5.74) is 8.07. The Balaban J connectivity index is 0. The van der Waals surface area contributed by atoms with Crippen LogP contribution in [0.25, 0.3) is 0 Å². The molecular weight excluding hydrogens is 285 g/mol. The maximum absolute atomic E-state index is 11.5. The van der Waals surface area contributed by atoms with Gasteiger partial charge in [-0.05, 0) is 6.92 Å². The van der Waals surface area contributed by atoms with Crippen LogP contribution in [0, 0.1) is 6.92 Å². The van der Waals surface area contributed by atoms with Crippen molar-refractivity contribution >= 4 is 42.1 Å². The van der Waals surface area contributed by atoms with Crippen molar-refractivity contribution in [3.63, 3.8) is 0 Å². The van der Waals surface area contributed by atoms with Gasteiger partial charge >= 0.3 is 0 Å². The van der Waals surface area contributed by atoms with Crippen LogP contribution in [0.2, 0.25) is 0 Å². The predicted molar refractivity (Wildman–Crippen MR) is 73.0 cm³/mol. The Labute approximate surface area is 117 Å². The van der Waals surface area contributed by atoms with E-state index in [2.05, 4.69) is 10.3 Å². The summed E-state index contributed by atoms with van der Waals surface area (Å²) in [6.07, 6.45) is -0.571. The fourth-order valence-corrected chi connectivity index (χ4v) is 1.80. The van der Waals surface area contributed by atoms with Crippen molar-refractivity contribution in [3.05, 3.63) is 16.1 Å². The van der Waals surface area contributed by atoms with Crippen molar-refractivity contribution in [3.8, 4) is 0 Å². The molecule has 0 radical (unpaired) electrons. The minimum Gasteiger partial charge on any atom is -0.370 e. The summed E-state index contributed by atoms with van der Waals surface area (Å²) in [6.45, 7) is 2.58. The fraction of sp³-hybridized carbons (Fsp3) is 0.556. The van der Waals surface area contributed by atoms with Crippen molar-refractivity contribution in [2.45, 2.75) is 19.6 Å². The minimum absolute atomic E-state index is 0. The summed E-state index contributed by atoms with van der Waals surface area (Å²) in [6, 6.07) is 0. The van der Waals surface area contributed by atoms with Crippen molar-refractivity contribution < 1.29 is 9.53 Å². The summed E-state index contributed by atoms with van der Waals surface area (Å²) in [5, 5.41) is 2.75. The molecule has 1 unspecified atom stereocenters. The van der Waals surface area contributed by atoms with Crippen LogP contribution >= 0.6 is 36.2 Å². The van der Waals surface area contributed by atoms with Crippen LogP contribution in [0.1, 0.15) is 10.6 Å². The Bertz CT molecular complexity index is 332. The average molecular weight is 302 g/mol. The van der Waals surface area contributed by atoms with E-state index in [4.69, 9.17) is 10.5 Å². The number of amides is 1. The lowest BCUT2D eigenvalue weighted by atomic mass is 10.3. The molecule has 0 saturated carbocycles. The highest BCUT2D eigenvalue weighted by Gasteiger charge is 2.15. The zero-order valence-electron chi connectivity index (χ0n) is 9.63. The largest absolute Gasteiger partial charge is 0.370 e. The summed E-state index contributed by atoms with van der Waals surface area (Å²) >= 11 is 1.52. The number of aryl methyl sites for hydroxylation is 1. The number of nitrogens with two attached hydrogens (primary N) is 1. The van der Waals surface area contributed by atoms with Gasteiger partial charge in [0.2, 0.25) is 0 Å². The number of hydrogen-bond donors (Lipinski definition) is 2. The number of hydrogen-bond acceptors (Lipinski definition) is 5. The molecule has 3 N–H and O–H groups in total. The van der Waals surface area contributed by atoms with E-state index in [-0.39, 0.29) is 37.3 Å². The maximum atomic E-state index is 11.5. The molecule has 8 heteroatoms. The number of halogens is 2. The van der Waals surface area contributed by atoms with Gasteiger partial charge in [0, 0.05) is 18.5 Å². The summed E-state index contributed by atoms with van der Waals surface area (Å²) in [7, 11) is 1.47. The third kappa shape index (κ3) is 5.65. The van der Waals surface area contributed by atoms with Crippen molar-refractivity contribution in [2.75, 3.05) is 13.7 Å². The zero-order valence-corrected chi connectivity index (χ0v) is 12.1. The van der Waals surface area contributed by atoms with Crippen LogP contribution in [-0.4, -0.2) is 30.6 Å². The Morgan fingerprint density at radius 2 is 2.29 bits per heavy atom. The molecule has 0 spiro atoms. The molecule has 0 aliphatic rings. The van der Waals surface area contributed by atoms with Crippen LogP contribution in [-0.2, 0) is 16.1 Å². The molecule has 0 aliphatic carbocycles. The highest BCUT2D eigenvalue weighted by molar-refractivity contribution is 7.09. The van der Waals surface area contributed by atoms with E-state index >= 15 is 0 Å². The second kappa shape index (κ2) is 9.61. The molecule has 5 nitrogen and oxygen atoms in total. The Hall–Kier alpha value is -0.400. The molecule has 1 rings (SSSR count). The second-order valence-electron chi connectivity index (χ2n) is 3.04. The smallest absolute Gasteiger partial charge is 0.250 e. The molecule has 1 atom stereocenters. The monoisotopic (exact) mass is 301 g/mol. The molecule has 0 aliphatic heterocycles. The van der Waals surface area contributed by atoms with Gasteiger partial charge in [-0.3, -0.25) is 4.79 Å². The summed E-state index contributed by atoms with van der Waals surface area (Å²) in [5.74, 6) is -0.187. The first-order valence-corrected chi connectivity index (χ1v) is 5.46. The van der Waals surface area contributed by atoms with E-state index in [0.717, 1.165) is 10.6 Å². The molecule has 17 heavy (non-hydrogen) atoms. The van der Waals surface area contributed by atoms with Gasteiger partial charge in [-0.25, -0.2) is 4.98 Å². The SMILES string of the molecule is COC(CN)C(=O)NCc1scnc1C.Cl.Cl. The highest BCUT2D eigenvalue weighted by Crippen LogP contribution is 2.11. The van der Waals surface area contributed by atoms with E-state index in [1.807, 2.05) is 6.92 Å². The lowest BCUT2D eigenvalue weighted by molar-refractivity contribution is -0.130. The van der Waals surface area contributed by atoms with Gasteiger partial charge in [0.05, 0.1) is 17.7 Å². The lowest BCUT2D eigenvalue weighted by Gasteiger charge is -2.12. The first-order valence-electron chi connectivity index (χ1n) is 4.58. The van der Waals surface area contributed by atoms with Crippen LogP contribution < -0.4 is 11.1 Å². The number of nitrogens with zero attached hydrogens (tertiary/aromatic N) is 1. The number of carbonyl (C=O) groups excluding carboxylic acids is 1. The molecule has 0 aromatic carbocycles. The topological polar surface area (TPSA) is 77.2 Å². The number of carbonyl (C=O) groups is 1. The average Bonchev–Trinajstić information content (AvgIpc) is 2.63. The van der Waals surface area contributed by atoms with Crippen LogP contribution in [0.4, 0.5) is 0 Å². The summed E-state index contributed by atoms with van der Waals surface area (Å²) in [4.78, 5) is 16.6. The molecule has 0 saturated heterocycles. The number of methoxy groups -OCH3 is 1. The maximum Gasteiger partial charge on any atom is 0.250 e. The van der Waals surface area contributed by atoms with E-state index in [0.29, 0.717) is 6.54 Å².